The maximum Gasteiger partial charge on any atom is 0.0541 e. The normalized spacial score (nSPS) is 11.6. The van der Waals surface area contributed by atoms with Gasteiger partial charge in [0.1, 0.15) is 0 Å². The Kier molecular flexibility index (Phi) is 3.95. The number of nitrogen functional groups attached to an aromatic ring is 1. The minimum atomic E-state index is 0.792. The van der Waals surface area contributed by atoms with Crippen LogP contribution in [0.15, 0.2) is 97.1 Å². The molecule has 0 unspecified atom stereocenters. The van der Waals surface area contributed by atoms with E-state index in [1.54, 1.807) is 0 Å². The Morgan fingerprint density at radius 2 is 1.14 bits per heavy atom. The van der Waals surface area contributed by atoms with Crippen molar-refractivity contribution in [2.45, 2.75) is 0 Å². The van der Waals surface area contributed by atoms with Crippen molar-refractivity contribution in [1.82, 2.24) is 4.57 Å². The predicted octanol–water partition coefficient (Wildman–Crippen LogP) is 6.54. The molecule has 0 amide bonds. The van der Waals surface area contributed by atoms with Gasteiger partial charge in [0.25, 0.3) is 0 Å². The number of benzene rings is 4. The van der Waals surface area contributed by atoms with E-state index in [4.69, 9.17) is 5.73 Å². The van der Waals surface area contributed by atoms with Crippen molar-refractivity contribution in [1.29, 1.82) is 0 Å². The second-order valence-electron chi connectivity index (χ2n) is 6.92. The molecule has 0 fully saturated rings. The Labute approximate surface area is 164 Å². The summed E-state index contributed by atoms with van der Waals surface area (Å²) in [5.41, 5.74) is 12.6. The molecule has 0 spiro atoms. The highest BCUT2D eigenvalue weighted by atomic mass is 15.0. The minimum absolute atomic E-state index is 0.792. The molecule has 1 aromatic heterocycles. The van der Waals surface area contributed by atoms with Crippen molar-refractivity contribution >= 4 is 39.6 Å². The Bertz CT molecular complexity index is 1250. The summed E-state index contributed by atoms with van der Waals surface area (Å²) in [5.74, 6) is 0. The van der Waals surface area contributed by atoms with Gasteiger partial charge < -0.3 is 10.3 Å². The summed E-state index contributed by atoms with van der Waals surface area (Å²) in [6, 6.07) is 33.7. The van der Waals surface area contributed by atoms with Gasteiger partial charge in [0.15, 0.2) is 0 Å². The molecule has 0 atom stereocenters. The van der Waals surface area contributed by atoms with E-state index in [2.05, 4.69) is 89.5 Å². The fourth-order valence-corrected chi connectivity index (χ4v) is 3.78. The summed E-state index contributed by atoms with van der Waals surface area (Å²) in [6.45, 7) is 0. The van der Waals surface area contributed by atoms with Gasteiger partial charge in [-0.15, -0.1) is 0 Å². The van der Waals surface area contributed by atoms with E-state index in [1.165, 1.54) is 21.8 Å². The number of nitrogens with two attached hydrogens (primary N) is 1. The predicted molar refractivity (Wildman–Crippen MR) is 121 cm³/mol. The molecule has 2 nitrogen and oxygen atoms in total. The van der Waals surface area contributed by atoms with E-state index in [0.29, 0.717) is 0 Å². The average molecular weight is 360 g/mol. The highest BCUT2D eigenvalue weighted by Crippen LogP contribution is 2.31. The van der Waals surface area contributed by atoms with Gasteiger partial charge in [-0.3, -0.25) is 0 Å². The van der Waals surface area contributed by atoms with Gasteiger partial charge in [-0.2, -0.15) is 0 Å². The van der Waals surface area contributed by atoms with Crippen LogP contribution in [0.2, 0.25) is 0 Å². The van der Waals surface area contributed by atoms with Crippen molar-refractivity contribution in [2.24, 2.45) is 0 Å². The second kappa shape index (κ2) is 6.75. The zero-order valence-electron chi connectivity index (χ0n) is 15.4. The molecule has 0 aliphatic heterocycles. The lowest BCUT2D eigenvalue weighted by Gasteiger charge is -2.08. The lowest BCUT2D eigenvalue weighted by molar-refractivity contribution is 1.18. The number of aromatic nitrogens is 1. The third-order valence-electron chi connectivity index (χ3n) is 5.18. The van der Waals surface area contributed by atoms with Crippen LogP contribution in [0.25, 0.3) is 39.6 Å². The van der Waals surface area contributed by atoms with Gasteiger partial charge >= 0.3 is 0 Å². The van der Waals surface area contributed by atoms with Gasteiger partial charge in [-0.25, -0.2) is 0 Å². The average Bonchev–Trinajstić information content (AvgIpc) is 3.08. The van der Waals surface area contributed by atoms with Gasteiger partial charge in [0.2, 0.25) is 0 Å². The Balaban J connectivity index is 1.57. The van der Waals surface area contributed by atoms with Crippen LogP contribution in [0.1, 0.15) is 11.1 Å². The first-order chi connectivity index (χ1) is 13.8. The van der Waals surface area contributed by atoms with Gasteiger partial charge in [0, 0.05) is 22.1 Å². The van der Waals surface area contributed by atoms with Crippen LogP contribution in [-0.2, 0) is 0 Å². The summed E-state index contributed by atoms with van der Waals surface area (Å²) >= 11 is 0. The number of hydrogen-bond acceptors (Lipinski definition) is 1. The summed E-state index contributed by atoms with van der Waals surface area (Å²) in [7, 11) is 0. The fraction of sp³-hybridized carbons (Fsp3) is 0. The van der Waals surface area contributed by atoms with E-state index in [9.17, 15) is 0 Å². The zero-order chi connectivity index (χ0) is 18.9. The van der Waals surface area contributed by atoms with Crippen molar-refractivity contribution < 1.29 is 0 Å². The van der Waals surface area contributed by atoms with E-state index >= 15 is 0 Å². The molecule has 2 N–H and O–H groups in total. The van der Waals surface area contributed by atoms with Crippen LogP contribution in [0, 0.1) is 0 Å². The van der Waals surface area contributed by atoms with E-state index in [-0.39, 0.29) is 0 Å². The number of nitrogens with zero attached hydrogens (tertiary/aromatic N) is 1. The number of para-hydroxylation sites is 3. The molecule has 5 rings (SSSR count). The number of fused-ring (bicyclic) bond motifs is 3. The molecule has 1 heterocycles. The van der Waals surface area contributed by atoms with Crippen molar-refractivity contribution in [2.75, 3.05) is 5.73 Å². The van der Waals surface area contributed by atoms with Crippen molar-refractivity contribution in [3.8, 4) is 5.69 Å². The maximum atomic E-state index is 6.02. The zero-order valence-corrected chi connectivity index (χ0v) is 15.4. The highest BCUT2D eigenvalue weighted by molar-refractivity contribution is 6.09. The van der Waals surface area contributed by atoms with E-state index in [0.717, 1.165) is 22.5 Å². The lowest BCUT2D eigenvalue weighted by atomic mass is 10.1. The van der Waals surface area contributed by atoms with Crippen LogP contribution < -0.4 is 5.73 Å². The number of hydrogen-bond donors (Lipinski definition) is 1. The molecule has 5 aromatic rings. The molecule has 4 aromatic carbocycles. The van der Waals surface area contributed by atoms with Crippen LogP contribution in [0.4, 0.5) is 5.69 Å². The smallest absolute Gasteiger partial charge is 0.0541 e. The molecule has 0 saturated heterocycles. The fourth-order valence-electron chi connectivity index (χ4n) is 3.78. The summed E-state index contributed by atoms with van der Waals surface area (Å²) in [4.78, 5) is 0. The summed E-state index contributed by atoms with van der Waals surface area (Å²) < 4.78 is 2.33. The Hall–Kier alpha value is -3.78. The molecule has 0 bridgehead atoms. The molecule has 0 aliphatic carbocycles. The third-order valence-corrected chi connectivity index (χ3v) is 5.18. The first-order valence-corrected chi connectivity index (χ1v) is 9.42. The van der Waals surface area contributed by atoms with Gasteiger partial charge in [-0.1, -0.05) is 78.9 Å². The molecule has 28 heavy (non-hydrogen) atoms. The summed E-state index contributed by atoms with van der Waals surface area (Å²) in [6.07, 6.45) is 4.16. The Morgan fingerprint density at radius 3 is 1.79 bits per heavy atom. The van der Waals surface area contributed by atoms with E-state index in [1.807, 2.05) is 24.3 Å². The van der Waals surface area contributed by atoms with Crippen LogP contribution in [-0.4, -0.2) is 4.57 Å². The van der Waals surface area contributed by atoms with Crippen LogP contribution in [0.5, 0.6) is 0 Å². The maximum absolute atomic E-state index is 6.02. The molecular weight excluding hydrogens is 340 g/mol. The summed E-state index contributed by atoms with van der Waals surface area (Å²) in [5, 5.41) is 2.56. The SMILES string of the molecule is Nc1ccccc1C=Cc1ccc(-n2c3ccccc3c3ccccc32)cc1. The molecule has 0 aliphatic rings. The second-order valence-corrected chi connectivity index (χ2v) is 6.92. The molecule has 134 valence electrons. The monoisotopic (exact) mass is 360 g/mol. The highest BCUT2D eigenvalue weighted by Gasteiger charge is 2.10. The lowest BCUT2D eigenvalue weighted by Crippen LogP contribution is -1.93. The quantitative estimate of drug-likeness (QED) is 0.287. The molecule has 2 heteroatoms. The van der Waals surface area contributed by atoms with Crippen LogP contribution >= 0.6 is 0 Å². The first-order valence-electron chi connectivity index (χ1n) is 9.42. The van der Waals surface area contributed by atoms with Gasteiger partial charge in [-0.05, 0) is 41.5 Å². The number of rotatable bonds is 3. The molecular formula is C26H20N2. The Morgan fingerprint density at radius 1 is 0.571 bits per heavy atom. The molecule has 0 saturated carbocycles. The standard InChI is InChI=1S/C26H20N2/c27-24-10-4-1-7-20(24)16-13-19-14-17-21(18-15-19)28-25-11-5-2-8-22(25)23-9-3-6-12-26(23)28/h1-18H,27H2. The topological polar surface area (TPSA) is 30.9 Å². The first kappa shape index (κ1) is 16.4. The largest absolute Gasteiger partial charge is 0.398 e. The number of anilines is 1. The molecule has 0 radical (unpaired) electrons. The van der Waals surface area contributed by atoms with E-state index < -0.39 is 0 Å². The third kappa shape index (κ3) is 2.76. The minimum Gasteiger partial charge on any atom is -0.398 e. The van der Waals surface area contributed by atoms with Crippen molar-refractivity contribution in [3.05, 3.63) is 108 Å². The van der Waals surface area contributed by atoms with Gasteiger partial charge in [0.05, 0.1) is 11.0 Å². The van der Waals surface area contributed by atoms with Crippen molar-refractivity contribution in [3.63, 3.8) is 0 Å². The van der Waals surface area contributed by atoms with Crippen LogP contribution in [0.3, 0.4) is 0 Å².